The van der Waals surface area contributed by atoms with Gasteiger partial charge in [-0.25, -0.2) is 0 Å². The lowest BCUT2D eigenvalue weighted by atomic mass is 9.99. The van der Waals surface area contributed by atoms with Crippen molar-refractivity contribution in [3.05, 3.63) is 29.3 Å². The number of aryl methyl sites for hydroxylation is 1. The molecule has 0 spiro atoms. The van der Waals surface area contributed by atoms with E-state index in [1.807, 2.05) is 0 Å². The molecule has 22 heavy (non-hydrogen) atoms. The standard InChI is InChI=1S/C14H16F3NO4/c15-14(16,17)10-1-2-11(18)9(7-10)3-4-13(8-12(19)20)21-5-6-22-13/h1-2,7H,3-6,8,18H2,(H,19,20). The lowest BCUT2D eigenvalue weighted by Gasteiger charge is -2.26. The molecule has 5 nitrogen and oxygen atoms in total. The number of anilines is 1. The number of aliphatic carboxylic acids is 1. The van der Waals surface area contributed by atoms with E-state index in [1.165, 1.54) is 6.07 Å². The monoisotopic (exact) mass is 319 g/mol. The van der Waals surface area contributed by atoms with Crippen molar-refractivity contribution in [1.82, 2.24) is 0 Å². The molecule has 1 aliphatic heterocycles. The Hall–Kier alpha value is -1.80. The summed E-state index contributed by atoms with van der Waals surface area (Å²) in [6.45, 7) is 0.511. The molecule has 0 aromatic heterocycles. The van der Waals surface area contributed by atoms with Crippen LogP contribution < -0.4 is 5.73 Å². The molecular weight excluding hydrogens is 303 g/mol. The molecular formula is C14H16F3NO4. The molecule has 122 valence electrons. The molecule has 2 rings (SSSR count). The van der Waals surface area contributed by atoms with E-state index in [0.29, 0.717) is 5.56 Å². The van der Waals surface area contributed by atoms with Gasteiger partial charge in [0.2, 0.25) is 0 Å². The Kier molecular flexibility index (Phi) is 4.62. The minimum absolute atomic E-state index is 0.116. The molecule has 0 amide bonds. The van der Waals surface area contributed by atoms with Crippen LogP contribution in [0.3, 0.4) is 0 Å². The number of rotatable bonds is 5. The Morgan fingerprint density at radius 2 is 1.95 bits per heavy atom. The third-order valence-electron chi connectivity index (χ3n) is 3.48. The Bertz CT molecular complexity index is 554. The topological polar surface area (TPSA) is 81.8 Å². The van der Waals surface area contributed by atoms with E-state index in [9.17, 15) is 18.0 Å². The van der Waals surface area contributed by atoms with E-state index in [0.717, 1.165) is 12.1 Å². The van der Waals surface area contributed by atoms with Gasteiger partial charge in [-0.3, -0.25) is 4.79 Å². The molecule has 0 radical (unpaired) electrons. The highest BCUT2D eigenvalue weighted by molar-refractivity contribution is 5.67. The van der Waals surface area contributed by atoms with E-state index in [1.54, 1.807) is 0 Å². The lowest BCUT2D eigenvalue weighted by Crippen LogP contribution is -2.33. The summed E-state index contributed by atoms with van der Waals surface area (Å²) < 4.78 is 48.8. The molecule has 8 heteroatoms. The van der Waals surface area contributed by atoms with Crippen molar-refractivity contribution in [2.45, 2.75) is 31.2 Å². The quantitative estimate of drug-likeness (QED) is 0.815. The van der Waals surface area contributed by atoms with Crippen molar-refractivity contribution in [2.24, 2.45) is 0 Å². The van der Waals surface area contributed by atoms with Crippen molar-refractivity contribution >= 4 is 11.7 Å². The second-order valence-electron chi connectivity index (χ2n) is 5.09. The molecule has 0 bridgehead atoms. The summed E-state index contributed by atoms with van der Waals surface area (Å²) in [5.74, 6) is -2.40. The fourth-order valence-electron chi connectivity index (χ4n) is 2.39. The van der Waals surface area contributed by atoms with Gasteiger partial charge in [0.05, 0.1) is 25.2 Å². The predicted octanol–water partition coefficient (Wildman–Crippen LogP) is 2.44. The second-order valence-corrected chi connectivity index (χ2v) is 5.09. The second kappa shape index (κ2) is 6.13. The Labute approximate surface area is 124 Å². The average Bonchev–Trinajstić information content (AvgIpc) is 2.84. The molecule has 1 saturated heterocycles. The highest BCUT2D eigenvalue weighted by Crippen LogP contribution is 2.34. The first-order chi connectivity index (χ1) is 10.2. The fraction of sp³-hybridized carbons (Fsp3) is 0.500. The first kappa shape index (κ1) is 16.6. The molecule has 3 N–H and O–H groups in total. The summed E-state index contributed by atoms with van der Waals surface area (Å²) in [6, 6.07) is 3.07. The molecule has 1 aliphatic rings. The van der Waals surface area contributed by atoms with Crippen LogP contribution in [0.4, 0.5) is 18.9 Å². The summed E-state index contributed by atoms with van der Waals surface area (Å²) in [6.07, 6.45) is -4.58. The third kappa shape index (κ3) is 3.89. The maximum atomic E-state index is 12.7. The fourth-order valence-corrected chi connectivity index (χ4v) is 2.39. The number of nitrogen functional groups attached to an aromatic ring is 1. The van der Waals surface area contributed by atoms with Gasteiger partial charge in [0, 0.05) is 12.1 Å². The smallest absolute Gasteiger partial charge is 0.416 e. The minimum Gasteiger partial charge on any atom is -0.481 e. The molecule has 1 fully saturated rings. The summed E-state index contributed by atoms with van der Waals surface area (Å²) in [4.78, 5) is 10.9. The summed E-state index contributed by atoms with van der Waals surface area (Å²) in [5.41, 5.74) is 5.41. The van der Waals surface area contributed by atoms with E-state index in [-0.39, 0.29) is 38.2 Å². The Balaban J connectivity index is 2.14. The lowest BCUT2D eigenvalue weighted by molar-refractivity contribution is -0.181. The maximum absolute atomic E-state index is 12.7. The highest BCUT2D eigenvalue weighted by atomic mass is 19.4. The molecule has 0 unspecified atom stereocenters. The van der Waals surface area contributed by atoms with Crippen LogP contribution in [0.5, 0.6) is 0 Å². The number of ether oxygens (including phenoxy) is 2. The number of alkyl halides is 3. The van der Waals surface area contributed by atoms with Crippen LogP contribution in [0.15, 0.2) is 18.2 Å². The zero-order chi connectivity index (χ0) is 16.4. The molecule has 0 atom stereocenters. The number of hydrogen-bond acceptors (Lipinski definition) is 4. The predicted molar refractivity (Wildman–Crippen MR) is 71.1 cm³/mol. The van der Waals surface area contributed by atoms with Gasteiger partial charge in [-0.1, -0.05) is 0 Å². The molecule has 1 aromatic rings. The van der Waals surface area contributed by atoms with Crippen molar-refractivity contribution in [2.75, 3.05) is 18.9 Å². The Morgan fingerprint density at radius 1 is 1.32 bits per heavy atom. The first-order valence-corrected chi connectivity index (χ1v) is 6.67. The van der Waals surface area contributed by atoms with Crippen LogP contribution in [0.1, 0.15) is 24.0 Å². The minimum atomic E-state index is -4.46. The van der Waals surface area contributed by atoms with Crippen molar-refractivity contribution < 1.29 is 32.5 Å². The van der Waals surface area contributed by atoms with Crippen LogP contribution in [0.2, 0.25) is 0 Å². The average molecular weight is 319 g/mol. The Morgan fingerprint density at radius 3 is 2.50 bits per heavy atom. The number of carboxylic acid groups (broad SMARTS) is 1. The summed E-state index contributed by atoms with van der Waals surface area (Å²) >= 11 is 0. The SMILES string of the molecule is Nc1ccc(C(F)(F)F)cc1CCC1(CC(=O)O)OCCO1. The number of carbonyl (C=O) groups is 1. The van der Waals surface area contributed by atoms with Gasteiger partial charge in [0.1, 0.15) is 0 Å². The largest absolute Gasteiger partial charge is 0.481 e. The number of hydrogen-bond donors (Lipinski definition) is 2. The summed E-state index contributed by atoms with van der Waals surface area (Å²) in [5, 5.41) is 8.91. The zero-order valence-corrected chi connectivity index (χ0v) is 11.7. The van der Waals surface area contributed by atoms with Crippen LogP contribution >= 0.6 is 0 Å². The molecule has 0 saturated carbocycles. The van der Waals surface area contributed by atoms with E-state index in [2.05, 4.69) is 0 Å². The van der Waals surface area contributed by atoms with E-state index in [4.69, 9.17) is 20.3 Å². The zero-order valence-electron chi connectivity index (χ0n) is 11.7. The van der Waals surface area contributed by atoms with Gasteiger partial charge in [-0.15, -0.1) is 0 Å². The van der Waals surface area contributed by atoms with Gasteiger partial charge in [-0.2, -0.15) is 13.2 Å². The van der Waals surface area contributed by atoms with Crippen LogP contribution in [-0.2, 0) is 26.9 Å². The van der Waals surface area contributed by atoms with Crippen LogP contribution in [-0.4, -0.2) is 30.1 Å². The molecule has 0 aliphatic carbocycles. The van der Waals surface area contributed by atoms with Crippen molar-refractivity contribution in [1.29, 1.82) is 0 Å². The number of nitrogens with two attached hydrogens (primary N) is 1. The highest BCUT2D eigenvalue weighted by Gasteiger charge is 2.39. The van der Waals surface area contributed by atoms with Crippen molar-refractivity contribution in [3.8, 4) is 0 Å². The summed E-state index contributed by atoms with van der Waals surface area (Å²) in [7, 11) is 0. The number of halogens is 3. The number of carboxylic acids is 1. The van der Waals surface area contributed by atoms with Gasteiger partial charge in [0.25, 0.3) is 0 Å². The number of benzene rings is 1. The van der Waals surface area contributed by atoms with Crippen LogP contribution in [0, 0.1) is 0 Å². The van der Waals surface area contributed by atoms with Crippen LogP contribution in [0.25, 0.3) is 0 Å². The van der Waals surface area contributed by atoms with E-state index < -0.39 is 23.5 Å². The first-order valence-electron chi connectivity index (χ1n) is 6.67. The van der Waals surface area contributed by atoms with Gasteiger partial charge < -0.3 is 20.3 Å². The van der Waals surface area contributed by atoms with Gasteiger partial charge >= 0.3 is 12.1 Å². The molecule has 1 heterocycles. The van der Waals surface area contributed by atoms with Crippen molar-refractivity contribution in [3.63, 3.8) is 0 Å². The molecule has 1 aromatic carbocycles. The van der Waals surface area contributed by atoms with Gasteiger partial charge in [-0.05, 0) is 30.2 Å². The van der Waals surface area contributed by atoms with E-state index >= 15 is 0 Å². The van der Waals surface area contributed by atoms with Gasteiger partial charge in [0.15, 0.2) is 5.79 Å². The maximum Gasteiger partial charge on any atom is 0.416 e. The normalized spacial score (nSPS) is 17.6. The third-order valence-corrected chi connectivity index (χ3v) is 3.48.